The van der Waals surface area contributed by atoms with E-state index in [2.05, 4.69) is 27.7 Å². The van der Waals surface area contributed by atoms with E-state index < -0.39 is 0 Å². The summed E-state index contributed by atoms with van der Waals surface area (Å²) in [4.78, 5) is 21.6. The second-order valence-electron chi connectivity index (χ2n) is 4.50. The van der Waals surface area contributed by atoms with Gasteiger partial charge in [0.15, 0.2) is 6.29 Å². The first-order chi connectivity index (χ1) is 8.22. The summed E-state index contributed by atoms with van der Waals surface area (Å²) in [6, 6.07) is -0.298. The Morgan fingerprint density at radius 3 is 2.94 bits per heavy atom. The van der Waals surface area contributed by atoms with Crippen molar-refractivity contribution in [1.29, 1.82) is 0 Å². The molecule has 2 N–H and O–H groups in total. The van der Waals surface area contributed by atoms with Crippen molar-refractivity contribution < 1.29 is 9.59 Å². The smallest absolute Gasteiger partial charge is 0.211 e. The third-order valence-corrected chi connectivity index (χ3v) is 3.52. The average molecular weight is 236 g/mol. The van der Waals surface area contributed by atoms with Gasteiger partial charge in [-0.25, -0.2) is 0 Å². The summed E-state index contributed by atoms with van der Waals surface area (Å²) in [5.74, 6) is 0.377. The summed E-state index contributed by atoms with van der Waals surface area (Å²) in [7, 11) is 0. The Morgan fingerprint density at radius 2 is 2.41 bits per heavy atom. The number of carbonyl (C=O) groups excluding carboxylic acids is 2. The van der Waals surface area contributed by atoms with Gasteiger partial charge in [-0.3, -0.25) is 9.59 Å². The van der Waals surface area contributed by atoms with E-state index in [4.69, 9.17) is 0 Å². The van der Waals surface area contributed by atoms with Crippen molar-refractivity contribution in [3.8, 4) is 0 Å². The van der Waals surface area contributed by atoms with E-state index in [1.165, 1.54) is 0 Å². The van der Waals surface area contributed by atoms with Crippen LogP contribution in [0.25, 0.3) is 0 Å². The molecule has 1 fully saturated rings. The van der Waals surface area contributed by atoms with Crippen LogP contribution in [0.4, 0.5) is 0 Å². The van der Waals surface area contributed by atoms with E-state index in [9.17, 15) is 9.59 Å². The number of nitrogens with one attached hydrogen (secondary N) is 2. The van der Waals surface area contributed by atoms with Gasteiger partial charge in [0.05, 0.1) is 17.9 Å². The topological polar surface area (TPSA) is 87.7 Å². The standard InChI is InChI=1S/C11H16N4O2/c1-7(10-5-13-15-14-10)8-2-3-9(12-4-8)11(17)6-16/h5-9,12H,2-4H2,1H3,(H,13,14,15). The minimum atomic E-state index is -0.350. The minimum Gasteiger partial charge on any atom is -0.307 e. The van der Waals surface area contributed by atoms with Crippen molar-refractivity contribution in [2.24, 2.45) is 5.92 Å². The number of rotatable bonds is 4. The predicted molar refractivity (Wildman–Crippen MR) is 60.4 cm³/mol. The third-order valence-electron chi connectivity index (χ3n) is 3.52. The van der Waals surface area contributed by atoms with Crippen LogP contribution in [-0.4, -0.2) is 40.1 Å². The number of aldehydes is 1. The van der Waals surface area contributed by atoms with Gasteiger partial charge < -0.3 is 5.32 Å². The number of piperidine rings is 1. The number of hydrogen-bond acceptors (Lipinski definition) is 5. The van der Waals surface area contributed by atoms with Gasteiger partial charge in [-0.2, -0.15) is 15.4 Å². The van der Waals surface area contributed by atoms with Crippen LogP contribution in [0.2, 0.25) is 0 Å². The second kappa shape index (κ2) is 5.18. The number of carbonyl (C=O) groups is 2. The molecule has 0 aromatic carbocycles. The van der Waals surface area contributed by atoms with Crippen molar-refractivity contribution in [1.82, 2.24) is 20.7 Å². The molecule has 1 aromatic rings. The zero-order chi connectivity index (χ0) is 12.3. The first-order valence-electron chi connectivity index (χ1n) is 5.80. The molecule has 2 heterocycles. The number of H-pyrrole nitrogens is 1. The molecule has 0 spiro atoms. The molecular weight excluding hydrogens is 220 g/mol. The maximum atomic E-state index is 11.2. The summed E-state index contributed by atoms with van der Waals surface area (Å²) < 4.78 is 0. The summed E-state index contributed by atoms with van der Waals surface area (Å²) in [6.45, 7) is 2.84. The lowest BCUT2D eigenvalue weighted by Gasteiger charge is -2.31. The summed E-state index contributed by atoms with van der Waals surface area (Å²) in [6.07, 6.45) is 3.77. The van der Waals surface area contributed by atoms with E-state index in [1.807, 2.05) is 0 Å². The molecule has 3 unspecified atom stereocenters. The first-order valence-corrected chi connectivity index (χ1v) is 5.80. The van der Waals surface area contributed by atoms with Gasteiger partial charge in [0.1, 0.15) is 0 Å². The third kappa shape index (κ3) is 2.58. The van der Waals surface area contributed by atoms with E-state index in [0.717, 1.165) is 18.7 Å². The summed E-state index contributed by atoms with van der Waals surface area (Å²) >= 11 is 0. The molecule has 0 radical (unpaired) electrons. The second-order valence-corrected chi connectivity index (χ2v) is 4.50. The van der Waals surface area contributed by atoms with E-state index in [1.54, 1.807) is 6.20 Å². The van der Waals surface area contributed by atoms with Crippen molar-refractivity contribution in [2.75, 3.05) is 6.54 Å². The van der Waals surface area contributed by atoms with Crippen LogP contribution in [0.3, 0.4) is 0 Å². The molecule has 1 saturated heterocycles. The fraction of sp³-hybridized carbons (Fsp3) is 0.636. The van der Waals surface area contributed by atoms with Gasteiger partial charge >= 0.3 is 0 Å². The van der Waals surface area contributed by atoms with Crippen LogP contribution < -0.4 is 5.32 Å². The van der Waals surface area contributed by atoms with Crippen molar-refractivity contribution in [3.05, 3.63) is 11.9 Å². The van der Waals surface area contributed by atoms with Crippen LogP contribution >= 0.6 is 0 Å². The first kappa shape index (κ1) is 11.9. The van der Waals surface area contributed by atoms with Crippen LogP contribution in [-0.2, 0) is 9.59 Å². The molecule has 0 saturated carbocycles. The largest absolute Gasteiger partial charge is 0.307 e. The van der Waals surface area contributed by atoms with Crippen LogP contribution in [0.15, 0.2) is 6.20 Å². The lowest BCUT2D eigenvalue weighted by atomic mass is 9.83. The van der Waals surface area contributed by atoms with Crippen LogP contribution in [0.5, 0.6) is 0 Å². The minimum absolute atomic E-state index is 0.298. The van der Waals surface area contributed by atoms with Gasteiger partial charge in [0.2, 0.25) is 5.78 Å². The molecule has 92 valence electrons. The van der Waals surface area contributed by atoms with E-state index >= 15 is 0 Å². The number of hydrogen-bond donors (Lipinski definition) is 2. The Balaban J connectivity index is 1.91. The fourth-order valence-corrected chi connectivity index (χ4v) is 2.30. The molecule has 0 aliphatic carbocycles. The molecule has 6 nitrogen and oxygen atoms in total. The molecule has 1 aliphatic heterocycles. The summed E-state index contributed by atoms with van der Waals surface area (Å²) in [5, 5.41) is 13.6. The molecule has 0 amide bonds. The highest BCUT2D eigenvalue weighted by atomic mass is 16.2. The molecule has 17 heavy (non-hydrogen) atoms. The van der Waals surface area contributed by atoms with E-state index in [-0.39, 0.29) is 11.8 Å². The Labute approximate surface area is 99.2 Å². The Hall–Kier alpha value is -1.56. The van der Waals surface area contributed by atoms with Crippen LogP contribution in [0.1, 0.15) is 31.4 Å². The zero-order valence-electron chi connectivity index (χ0n) is 9.72. The van der Waals surface area contributed by atoms with Crippen molar-refractivity contribution in [2.45, 2.75) is 31.7 Å². The number of aromatic nitrogens is 3. The van der Waals surface area contributed by atoms with Crippen molar-refractivity contribution in [3.63, 3.8) is 0 Å². The lowest BCUT2D eigenvalue weighted by Crippen LogP contribution is -2.45. The van der Waals surface area contributed by atoms with Gasteiger partial charge in [-0.05, 0) is 25.3 Å². The SMILES string of the molecule is CC(c1cn[nH]n1)C1CCC(C(=O)C=O)NC1. The zero-order valence-corrected chi connectivity index (χ0v) is 9.72. The Kier molecular flexibility index (Phi) is 3.63. The maximum absolute atomic E-state index is 11.2. The molecule has 0 bridgehead atoms. The molecular formula is C11H16N4O2. The fourth-order valence-electron chi connectivity index (χ4n) is 2.30. The Morgan fingerprint density at radius 1 is 1.59 bits per heavy atom. The Bertz CT molecular complexity index is 382. The lowest BCUT2D eigenvalue weighted by molar-refractivity contribution is -0.131. The molecule has 1 aliphatic rings. The molecule has 3 atom stereocenters. The number of Topliss-reactive ketones (excluding diaryl/α,β-unsaturated/α-hetero) is 1. The number of aromatic amines is 1. The number of ketones is 1. The van der Waals surface area contributed by atoms with Gasteiger partial charge in [0, 0.05) is 5.92 Å². The monoisotopic (exact) mass is 236 g/mol. The maximum Gasteiger partial charge on any atom is 0.211 e. The van der Waals surface area contributed by atoms with E-state index in [0.29, 0.717) is 24.5 Å². The molecule has 2 rings (SSSR count). The van der Waals surface area contributed by atoms with Gasteiger partial charge in [-0.1, -0.05) is 6.92 Å². The number of nitrogens with zero attached hydrogens (tertiary/aromatic N) is 2. The highest BCUT2D eigenvalue weighted by Crippen LogP contribution is 2.28. The van der Waals surface area contributed by atoms with Crippen molar-refractivity contribution >= 4 is 12.1 Å². The average Bonchev–Trinajstić information content (AvgIpc) is 2.91. The normalized spacial score (nSPS) is 26.4. The van der Waals surface area contributed by atoms with Gasteiger partial charge in [-0.15, -0.1) is 0 Å². The quantitative estimate of drug-likeness (QED) is 0.569. The van der Waals surface area contributed by atoms with Gasteiger partial charge in [0.25, 0.3) is 0 Å². The van der Waals surface area contributed by atoms with Crippen LogP contribution in [0, 0.1) is 5.92 Å². The predicted octanol–water partition coefficient (Wildman–Crippen LogP) is 0.0444. The molecule has 1 aromatic heterocycles. The highest BCUT2D eigenvalue weighted by Gasteiger charge is 2.29. The highest BCUT2D eigenvalue weighted by molar-refractivity contribution is 6.27. The molecule has 6 heteroatoms. The summed E-state index contributed by atoms with van der Waals surface area (Å²) in [5.41, 5.74) is 0.942.